The molecule has 0 heterocycles. The van der Waals surface area contributed by atoms with Crippen molar-refractivity contribution in [2.75, 3.05) is 11.5 Å². The van der Waals surface area contributed by atoms with Crippen LogP contribution in [0.15, 0.2) is 24.7 Å². The molecule has 0 aromatic carbocycles. The van der Waals surface area contributed by atoms with Gasteiger partial charge in [0.2, 0.25) is 0 Å². The number of hydrogen-bond acceptors (Lipinski definition) is 3. The fraction of sp³-hybridized carbons (Fsp3) is 0.500. The van der Waals surface area contributed by atoms with Crippen LogP contribution in [0.1, 0.15) is 12.8 Å². The molecule has 11 heavy (non-hydrogen) atoms. The molecule has 0 amide bonds. The zero-order chi connectivity index (χ0) is 8.36. The van der Waals surface area contributed by atoms with Gasteiger partial charge in [-0.05, 0) is 36.5 Å². The lowest BCUT2D eigenvalue weighted by molar-refractivity contribution is 0.399. The summed E-state index contributed by atoms with van der Waals surface area (Å²) in [6, 6.07) is 0. The van der Waals surface area contributed by atoms with E-state index in [1.54, 1.807) is 12.5 Å². The van der Waals surface area contributed by atoms with Crippen LogP contribution in [0.4, 0.5) is 0 Å². The number of thiol groups is 2. The van der Waals surface area contributed by atoms with E-state index in [2.05, 4.69) is 25.3 Å². The largest absolute Gasteiger partial charge is 0.473 e. The second kappa shape index (κ2) is 9.98. The molecule has 0 bridgehead atoms. The first kappa shape index (κ1) is 11.0. The summed E-state index contributed by atoms with van der Waals surface area (Å²) < 4.78 is 5.01. The lowest BCUT2D eigenvalue weighted by Gasteiger charge is -1.88. The van der Waals surface area contributed by atoms with Crippen molar-refractivity contribution >= 4 is 25.3 Å². The Hall–Kier alpha value is -0.0200. The molecule has 0 aromatic heterocycles. The Labute approximate surface area is 79.3 Å². The van der Waals surface area contributed by atoms with Crippen LogP contribution in [0, 0.1) is 0 Å². The predicted octanol–water partition coefficient (Wildman–Crippen LogP) is 2.67. The maximum Gasteiger partial charge on any atom is 0.0861 e. The van der Waals surface area contributed by atoms with Gasteiger partial charge < -0.3 is 4.74 Å². The van der Waals surface area contributed by atoms with Gasteiger partial charge in [-0.1, -0.05) is 0 Å². The third-order valence-corrected chi connectivity index (χ3v) is 1.46. The van der Waals surface area contributed by atoms with Crippen molar-refractivity contribution in [1.82, 2.24) is 0 Å². The van der Waals surface area contributed by atoms with Crippen LogP contribution in [-0.2, 0) is 4.74 Å². The first-order chi connectivity index (χ1) is 5.41. The van der Waals surface area contributed by atoms with Crippen LogP contribution in [0.5, 0.6) is 0 Å². The Kier molecular flexibility index (Phi) is 9.96. The van der Waals surface area contributed by atoms with Gasteiger partial charge in [0.05, 0.1) is 12.5 Å². The van der Waals surface area contributed by atoms with Crippen LogP contribution in [0.3, 0.4) is 0 Å². The summed E-state index contributed by atoms with van der Waals surface area (Å²) in [6.45, 7) is 0. The summed E-state index contributed by atoms with van der Waals surface area (Å²) in [5.74, 6) is 1.72. The molecular weight excluding hydrogens is 176 g/mol. The molecule has 0 aliphatic rings. The second-order valence-corrected chi connectivity index (χ2v) is 2.80. The molecule has 0 saturated heterocycles. The van der Waals surface area contributed by atoms with Crippen LogP contribution in [0.25, 0.3) is 0 Å². The van der Waals surface area contributed by atoms with Gasteiger partial charge in [0.1, 0.15) is 0 Å². The molecule has 0 unspecified atom stereocenters. The summed E-state index contributed by atoms with van der Waals surface area (Å²) in [5, 5.41) is 0. The highest BCUT2D eigenvalue weighted by atomic mass is 32.1. The van der Waals surface area contributed by atoms with E-state index < -0.39 is 0 Å². The fourth-order valence-electron chi connectivity index (χ4n) is 0.442. The fourth-order valence-corrected chi connectivity index (χ4v) is 0.740. The van der Waals surface area contributed by atoms with Crippen molar-refractivity contribution in [3.05, 3.63) is 24.7 Å². The Morgan fingerprint density at radius 2 is 1.36 bits per heavy atom. The van der Waals surface area contributed by atoms with E-state index >= 15 is 0 Å². The maximum atomic E-state index is 5.01. The lowest BCUT2D eigenvalue weighted by Crippen LogP contribution is -1.71. The van der Waals surface area contributed by atoms with Gasteiger partial charge in [0.25, 0.3) is 0 Å². The van der Waals surface area contributed by atoms with Gasteiger partial charge in [-0.25, -0.2) is 0 Å². The highest BCUT2D eigenvalue weighted by Crippen LogP contribution is 1.90. The van der Waals surface area contributed by atoms with E-state index in [0.29, 0.717) is 0 Å². The van der Waals surface area contributed by atoms with E-state index in [1.807, 2.05) is 12.2 Å². The SMILES string of the molecule is SCCC=COC=CCCS. The molecule has 0 aliphatic heterocycles. The minimum Gasteiger partial charge on any atom is -0.473 e. The zero-order valence-corrected chi connectivity index (χ0v) is 8.23. The summed E-state index contributed by atoms with van der Waals surface area (Å²) in [5.41, 5.74) is 0. The molecule has 64 valence electrons. The summed E-state index contributed by atoms with van der Waals surface area (Å²) >= 11 is 8.09. The average Bonchev–Trinajstić information content (AvgIpc) is 2.03. The molecule has 0 N–H and O–H groups in total. The molecule has 0 spiro atoms. The molecule has 0 atom stereocenters. The molecule has 0 saturated carbocycles. The van der Waals surface area contributed by atoms with E-state index in [0.717, 1.165) is 24.3 Å². The third-order valence-electron chi connectivity index (χ3n) is 0.941. The molecule has 3 heteroatoms. The quantitative estimate of drug-likeness (QED) is 0.483. The second-order valence-electron chi connectivity index (χ2n) is 1.90. The molecule has 1 nitrogen and oxygen atoms in total. The summed E-state index contributed by atoms with van der Waals surface area (Å²) in [6.07, 6.45) is 9.12. The third kappa shape index (κ3) is 9.98. The lowest BCUT2D eigenvalue weighted by atomic mass is 10.5. The van der Waals surface area contributed by atoms with Gasteiger partial charge in [0, 0.05) is 0 Å². The average molecular weight is 190 g/mol. The molecule has 0 aromatic rings. The molecule has 0 aliphatic carbocycles. The number of hydrogen-bond donors (Lipinski definition) is 2. The zero-order valence-electron chi connectivity index (χ0n) is 6.44. The van der Waals surface area contributed by atoms with Gasteiger partial charge >= 0.3 is 0 Å². The van der Waals surface area contributed by atoms with Crippen LogP contribution < -0.4 is 0 Å². The minimum atomic E-state index is 0.861. The van der Waals surface area contributed by atoms with Gasteiger partial charge in [0.15, 0.2) is 0 Å². The Morgan fingerprint density at radius 1 is 0.909 bits per heavy atom. The van der Waals surface area contributed by atoms with Crippen LogP contribution in [0.2, 0.25) is 0 Å². The highest BCUT2D eigenvalue weighted by molar-refractivity contribution is 7.80. The summed E-state index contributed by atoms with van der Waals surface area (Å²) in [7, 11) is 0. The Bertz CT molecular complexity index is 107. The van der Waals surface area contributed by atoms with Crippen molar-refractivity contribution in [3.8, 4) is 0 Å². The standard InChI is InChI=1S/C8H14OS2/c10-7-3-1-5-9-6-2-4-8-11/h1-2,5-6,10-11H,3-4,7-8H2. The van der Waals surface area contributed by atoms with Crippen molar-refractivity contribution in [1.29, 1.82) is 0 Å². The monoisotopic (exact) mass is 190 g/mol. The van der Waals surface area contributed by atoms with Gasteiger partial charge in [-0.3, -0.25) is 0 Å². The molecule has 0 radical (unpaired) electrons. The van der Waals surface area contributed by atoms with Crippen LogP contribution >= 0.6 is 25.3 Å². The number of ether oxygens (including phenoxy) is 1. The maximum absolute atomic E-state index is 5.01. The van der Waals surface area contributed by atoms with Crippen molar-refractivity contribution < 1.29 is 4.74 Å². The van der Waals surface area contributed by atoms with E-state index in [-0.39, 0.29) is 0 Å². The van der Waals surface area contributed by atoms with E-state index in [9.17, 15) is 0 Å². The predicted molar refractivity (Wildman–Crippen MR) is 56.3 cm³/mol. The minimum absolute atomic E-state index is 0.861. The highest BCUT2D eigenvalue weighted by Gasteiger charge is 1.73. The molecular formula is C8H14OS2. The number of allylic oxidation sites excluding steroid dienone is 2. The normalized spacial score (nSPS) is 11.5. The first-order valence-electron chi connectivity index (χ1n) is 3.59. The van der Waals surface area contributed by atoms with Gasteiger partial charge in [-0.15, -0.1) is 0 Å². The van der Waals surface area contributed by atoms with E-state index in [4.69, 9.17) is 4.74 Å². The van der Waals surface area contributed by atoms with E-state index in [1.165, 1.54) is 0 Å². The van der Waals surface area contributed by atoms with Crippen molar-refractivity contribution in [3.63, 3.8) is 0 Å². The van der Waals surface area contributed by atoms with Gasteiger partial charge in [-0.2, -0.15) is 25.3 Å². The first-order valence-corrected chi connectivity index (χ1v) is 4.85. The molecule has 0 fully saturated rings. The summed E-state index contributed by atoms with van der Waals surface area (Å²) in [4.78, 5) is 0. The topological polar surface area (TPSA) is 9.23 Å². The van der Waals surface area contributed by atoms with Crippen LogP contribution in [-0.4, -0.2) is 11.5 Å². The Morgan fingerprint density at radius 3 is 1.73 bits per heavy atom. The Balaban J connectivity index is 3.11. The smallest absolute Gasteiger partial charge is 0.0861 e. The van der Waals surface area contributed by atoms with Crippen molar-refractivity contribution in [2.45, 2.75) is 12.8 Å². The molecule has 0 rings (SSSR count). The number of rotatable bonds is 6. The van der Waals surface area contributed by atoms with Crippen molar-refractivity contribution in [2.24, 2.45) is 0 Å².